The van der Waals surface area contributed by atoms with Crippen molar-refractivity contribution in [1.82, 2.24) is 0 Å². The number of para-hydroxylation sites is 1. The van der Waals surface area contributed by atoms with E-state index in [4.69, 9.17) is 0 Å². The second-order valence-electron chi connectivity index (χ2n) is 9.85. The molecule has 1 N–H and O–H groups in total. The summed E-state index contributed by atoms with van der Waals surface area (Å²) in [5.41, 5.74) is 5.91. The second kappa shape index (κ2) is 8.96. The van der Waals surface area contributed by atoms with Gasteiger partial charge in [-0.05, 0) is 66.1 Å². The van der Waals surface area contributed by atoms with Gasteiger partial charge in [-0.3, -0.25) is 9.59 Å². The molecule has 0 spiro atoms. The van der Waals surface area contributed by atoms with Gasteiger partial charge in [0.25, 0.3) is 0 Å². The zero-order chi connectivity index (χ0) is 26.6. The van der Waals surface area contributed by atoms with Crippen LogP contribution in [0.4, 0.5) is 11.4 Å². The third-order valence-electron chi connectivity index (χ3n) is 7.75. The van der Waals surface area contributed by atoms with Crippen molar-refractivity contribution >= 4 is 34.5 Å². The molecule has 38 heavy (non-hydrogen) atoms. The fourth-order valence-electron chi connectivity index (χ4n) is 5.68. The summed E-state index contributed by atoms with van der Waals surface area (Å²) in [5, 5.41) is 9.43. The third kappa shape index (κ3) is 3.58. The van der Waals surface area contributed by atoms with Gasteiger partial charge in [-0.15, -0.1) is 0 Å². The number of carbonyl (C=O) groups excluding carboxylic acids is 2. The summed E-state index contributed by atoms with van der Waals surface area (Å²) in [6.45, 7) is 4.40. The molecule has 5 heteroatoms. The van der Waals surface area contributed by atoms with Crippen LogP contribution in [-0.4, -0.2) is 28.7 Å². The lowest BCUT2D eigenvalue weighted by molar-refractivity contribution is 0.0696. The van der Waals surface area contributed by atoms with E-state index < -0.39 is 11.8 Å². The van der Waals surface area contributed by atoms with Crippen LogP contribution in [0.5, 0.6) is 0 Å². The molecule has 0 saturated heterocycles. The maximum Gasteiger partial charge on any atom is 0.335 e. The highest BCUT2D eigenvalue weighted by Gasteiger charge is 2.38. The first-order valence-electron chi connectivity index (χ1n) is 12.6. The first-order valence-corrected chi connectivity index (χ1v) is 12.6. The molecule has 1 heterocycles. The summed E-state index contributed by atoms with van der Waals surface area (Å²) in [6, 6.07) is 30.2. The largest absolute Gasteiger partial charge is 0.478 e. The summed E-state index contributed by atoms with van der Waals surface area (Å²) >= 11 is 0. The Balaban J connectivity index is 1.55. The first kappa shape index (κ1) is 23.6. The minimum Gasteiger partial charge on any atom is -0.478 e. The van der Waals surface area contributed by atoms with Crippen molar-refractivity contribution in [3.05, 3.63) is 136 Å². The van der Waals surface area contributed by atoms with E-state index in [2.05, 4.69) is 43.0 Å². The molecule has 4 aromatic rings. The van der Waals surface area contributed by atoms with Crippen molar-refractivity contribution in [1.29, 1.82) is 0 Å². The van der Waals surface area contributed by atoms with Crippen LogP contribution < -0.4 is 4.90 Å². The lowest BCUT2D eigenvalue weighted by atomic mass is 9.88. The smallest absolute Gasteiger partial charge is 0.335 e. The third-order valence-corrected chi connectivity index (χ3v) is 7.75. The normalized spacial score (nSPS) is 19.4. The summed E-state index contributed by atoms with van der Waals surface area (Å²) in [4.78, 5) is 41.2. The molecule has 0 saturated carbocycles. The number of rotatable bonds is 4. The Kier molecular flexibility index (Phi) is 5.57. The Morgan fingerprint density at radius 1 is 0.711 bits per heavy atom. The van der Waals surface area contributed by atoms with Gasteiger partial charge in [-0.25, -0.2) is 4.79 Å². The van der Waals surface area contributed by atoms with Crippen LogP contribution >= 0.6 is 0 Å². The Bertz CT molecular complexity index is 1650. The molecule has 2 unspecified atom stereocenters. The summed E-state index contributed by atoms with van der Waals surface area (Å²) in [6.07, 6.45) is 0. The van der Waals surface area contributed by atoms with Crippen LogP contribution in [0, 0.1) is 0 Å². The molecule has 1 aliphatic heterocycles. The summed E-state index contributed by atoms with van der Waals surface area (Å²) in [7, 11) is 0. The maximum absolute atomic E-state index is 13.7. The number of nitrogens with zero attached hydrogens (tertiary/aromatic N) is 1. The van der Waals surface area contributed by atoms with Gasteiger partial charge in [-0.1, -0.05) is 61.5 Å². The first-order chi connectivity index (χ1) is 18.4. The Morgan fingerprint density at radius 3 is 2.03 bits per heavy atom. The number of carboxylic acids is 1. The van der Waals surface area contributed by atoms with Crippen molar-refractivity contribution in [3.63, 3.8) is 0 Å². The molecule has 0 radical (unpaired) electrons. The van der Waals surface area contributed by atoms with E-state index in [1.54, 1.807) is 0 Å². The molecule has 1 aliphatic carbocycles. The van der Waals surface area contributed by atoms with Crippen LogP contribution in [-0.2, 0) is 0 Å². The van der Waals surface area contributed by atoms with E-state index in [9.17, 15) is 19.5 Å². The van der Waals surface area contributed by atoms with E-state index in [0.717, 1.165) is 28.1 Å². The van der Waals surface area contributed by atoms with Gasteiger partial charge in [0.05, 0.1) is 11.1 Å². The molecule has 5 nitrogen and oxygen atoms in total. The molecule has 4 aromatic carbocycles. The average molecular weight is 500 g/mol. The van der Waals surface area contributed by atoms with Gasteiger partial charge >= 0.3 is 5.97 Å². The molecule has 2 aliphatic rings. The van der Waals surface area contributed by atoms with Crippen LogP contribution in [0.3, 0.4) is 0 Å². The Labute approximate surface area is 220 Å². The number of aromatic carboxylic acids is 1. The van der Waals surface area contributed by atoms with Crippen LogP contribution in [0.2, 0.25) is 0 Å². The zero-order valence-electron chi connectivity index (χ0n) is 21.0. The van der Waals surface area contributed by atoms with Crippen molar-refractivity contribution < 1.29 is 19.5 Å². The van der Waals surface area contributed by atoms with E-state index in [1.807, 2.05) is 54.6 Å². The number of fused-ring (bicyclic) bond motifs is 2. The van der Waals surface area contributed by atoms with E-state index in [0.29, 0.717) is 5.57 Å². The van der Waals surface area contributed by atoms with Gasteiger partial charge in [0, 0.05) is 40.0 Å². The van der Waals surface area contributed by atoms with Crippen molar-refractivity contribution in [2.75, 3.05) is 4.90 Å². The highest BCUT2D eigenvalue weighted by Crippen LogP contribution is 2.47. The molecule has 186 valence electrons. The predicted molar refractivity (Wildman–Crippen MR) is 147 cm³/mol. The highest BCUT2D eigenvalue weighted by molar-refractivity contribution is 6.43. The van der Waals surface area contributed by atoms with Gasteiger partial charge in [0.15, 0.2) is 11.6 Å². The van der Waals surface area contributed by atoms with E-state index in [1.165, 1.54) is 18.2 Å². The summed E-state index contributed by atoms with van der Waals surface area (Å²) in [5.74, 6) is -1.75. The minimum atomic E-state index is -1.14. The van der Waals surface area contributed by atoms with E-state index in [-0.39, 0.29) is 40.0 Å². The highest BCUT2D eigenvalue weighted by atomic mass is 16.4. The number of allylic oxidation sites excluding steroid dienone is 1. The van der Waals surface area contributed by atoms with Crippen molar-refractivity contribution in [2.45, 2.75) is 25.8 Å². The van der Waals surface area contributed by atoms with Gasteiger partial charge in [0.2, 0.25) is 0 Å². The number of Topliss-reactive ketones (excluding diaryl/α,β-unsaturated/α-hetero) is 2. The van der Waals surface area contributed by atoms with Crippen molar-refractivity contribution in [3.8, 4) is 0 Å². The molecule has 0 fully saturated rings. The predicted octanol–water partition coefficient (Wildman–Crippen LogP) is 6.91. The standard InChI is InChI=1S/C33H25NO4/c1-19-20(2)34(24-11-7-4-8-12-24)28-16-14-22(17-26(19)28)29(21-9-5-3-6-10-21)30-31(35)25-15-13-23(33(37)38)18-27(25)32(30)36/h3-20H,1-2H3,(H,37,38)/b30-29+. The van der Waals surface area contributed by atoms with E-state index >= 15 is 0 Å². The Morgan fingerprint density at radius 2 is 1.34 bits per heavy atom. The number of anilines is 2. The molecule has 0 aromatic heterocycles. The number of hydrogen-bond acceptors (Lipinski definition) is 4. The minimum absolute atomic E-state index is 0.0197. The molecule has 0 bridgehead atoms. The zero-order valence-corrected chi connectivity index (χ0v) is 21.0. The van der Waals surface area contributed by atoms with Crippen molar-refractivity contribution in [2.24, 2.45) is 0 Å². The Hall–Kier alpha value is -4.77. The SMILES string of the molecule is CC1c2cc(/C(=C3\C(=O)c4ccc(C(=O)O)cc4C3=O)c3ccccc3)ccc2N(c2ccccc2)C1C. The quantitative estimate of drug-likeness (QED) is 0.244. The number of hydrogen-bond donors (Lipinski definition) is 1. The average Bonchev–Trinajstić information content (AvgIpc) is 3.34. The lowest BCUT2D eigenvalue weighted by Crippen LogP contribution is -2.25. The van der Waals surface area contributed by atoms with Gasteiger partial charge in [-0.2, -0.15) is 0 Å². The molecular formula is C33H25NO4. The monoisotopic (exact) mass is 499 g/mol. The fourth-order valence-corrected chi connectivity index (χ4v) is 5.68. The van der Waals surface area contributed by atoms with Crippen LogP contribution in [0.1, 0.15) is 67.5 Å². The van der Waals surface area contributed by atoms with Crippen LogP contribution in [0.25, 0.3) is 5.57 Å². The lowest BCUT2D eigenvalue weighted by Gasteiger charge is -2.26. The molecule has 6 rings (SSSR count). The fraction of sp³-hybridized carbons (Fsp3) is 0.121. The van der Waals surface area contributed by atoms with Gasteiger partial charge in [0.1, 0.15) is 0 Å². The summed E-state index contributed by atoms with van der Waals surface area (Å²) < 4.78 is 0. The molecular weight excluding hydrogens is 474 g/mol. The maximum atomic E-state index is 13.7. The molecule has 0 amide bonds. The number of carbonyl (C=O) groups is 3. The number of benzene rings is 4. The van der Waals surface area contributed by atoms with Crippen LogP contribution in [0.15, 0.2) is 103 Å². The number of carboxylic acid groups (broad SMARTS) is 1. The molecule has 2 atom stereocenters. The topological polar surface area (TPSA) is 74.7 Å². The van der Waals surface area contributed by atoms with Gasteiger partial charge < -0.3 is 10.0 Å². The second-order valence-corrected chi connectivity index (χ2v) is 9.85. The number of ketones is 2.